The number of hydrogen-bond donors (Lipinski definition) is 2. The second-order valence-electron chi connectivity index (χ2n) is 5.65. The lowest BCUT2D eigenvalue weighted by atomic mass is 10.1. The molecule has 2 amide bonds. The number of carbonyl (C=O) groups is 2. The molecule has 2 N–H and O–H groups in total. The topological polar surface area (TPSA) is 71.1 Å². The third kappa shape index (κ3) is 3.78. The molecule has 0 saturated heterocycles. The Hall–Kier alpha value is -2.92. The lowest BCUT2D eigenvalue weighted by Gasteiger charge is -2.13. The van der Waals surface area contributed by atoms with Gasteiger partial charge in [0.15, 0.2) is 0 Å². The van der Waals surface area contributed by atoms with Crippen LogP contribution in [0.3, 0.4) is 0 Å². The van der Waals surface area contributed by atoms with E-state index in [1.165, 1.54) is 6.92 Å². The number of fused-ring (bicyclic) bond motifs is 1. The molecule has 0 aliphatic carbocycles. The predicted molar refractivity (Wildman–Crippen MR) is 100 cm³/mol. The van der Waals surface area contributed by atoms with Crippen molar-refractivity contribution >= 4 is 45.7 Å². The summed E-state index contributed by atoms with van der Waals surface area (Å²) >= 11 is 6.03. The largest absolute Gasteiger partial charge is 0.325 e. The fraction of sp³-hybridized carbons (Fsp3) is 0.105. The van der Waals surface area contributed by atoms with E-state index < -0.39 is 0 Å². The van der Waals surface area contributed by atoms with Gasteiger partial charge in [0.05, 0.1) is 22.5 Å². The summed E-state index contributed by atoms with van der Waals surface area (Å²) in [5.74, 6) is -0.529. The number of carbonyl (C=O) groups excluding carboxylic acids is 2. The summed E-state index contributed by atoms with van der Waals surface area (Å²) in [6, 6.07) is 14.1. The molecule has 2 aromatic carbocycles. The van der Waals surface area contributed by atoms with Crippen LogP contribution in [0.4, 0.5) is 11.4 Å². The molecule has 5 nitrogen and oxygen atoms in total. The van der Waals surface area contributed by atoms with E-state index in [4.69, 9.17) is 11.6 Å². The van der Waals surface area contributed by atoms with Crippen LogP contribution in [0.25, 0.3) is 10.9 Å². The summed E-state index contributed by atoms with van der Waals surface area (Å²) in [7, 11) is 0. The monoisotopic (exact) mass is 353 g/mol. The van der Waals surface area contributed by atoms with Crippen molar-refractivity contribution in [1.29, 1.82) is 0 Å². The van der Waals surface area contributed by atoms with Crippen LogP contribution in [0.1, 0.15) is 23.0 Å². The second-order valence-corrected chi connectivity index (χ2v) is 6.09. The van der Waals surface area contributed by atoms with Gasteiger partial charge in [0.25, 0.3) is 5.91 Å². The van der Waals surface area contributed by atoms with Crippen LogP contribution in [-0.4, -0.2) is 16.8 Å². The summed E-state index contributed by atoms with van der Waals surface area (Å²) in [6.07, 6.45) is 0. The zero-order chi connectivity index (χ0) is 18.0. The Balaban J connectivity index is 2.01. The van der Waals surface area contributed by atoms with Crippen molar-refractivity contribution in [3.8, 4) is 0 Å². The molecule has 126 valence electrons. The molecule has 0 fully saturated rings. The van der Waals surface area contributed by atoms with Gasteiger partial charge in [0.1, 0.15) is 0 Å². The molecule has 0 radical (unpaired) electrons. The standard InChI is InChI=1S/C19H16ClN3O2/c1-11-9-15(14-5-3-4-6-16(14)21-11)19(25)23-18-10-13(20)7-8-17(18)22-12(2)24/h3-10H,1-2H3,(H,22,24)(H,23,25). The summed E-state index contributed by atoms with van der Waals surface area (Å²) < 4.78 is 0. The molecule has 1 heterocycles. The number of aromatic nitrogens is 1. The molecule has 0 bridgehead atoms. The van der Waals surface area contributed by atoms with Gasteiger partial charge in [-0.2, -0.15) is 0 Å². The van der Waals surface area contributed by atoms with Gasteiger partial charge in [-0.15, -0.1) is 0 Å². The first-order chi connectivity index (χ1) is 11.9. The molecule has 1 aromatic heterocycles. The lowest BCUT2D eigenvalue weighted by Crippen LogP contribution is -2.16. The van der Waals surface area contributed by atoms with Crippen molar-refractivity contribution in [3.05, 3.63) is 64.8 Å². The Morgan fingerprint density at radius 1 is 1.00 bits per heavy atom. The number of para-hydroxylation sites is 1. The molecule has 0 aliphatic rings. The number of pyridine rings is 1. The minimum atomic E-state index is -0.296. The fourth-order valence-corrected chi connectivity index (χ4v) is 2.78. The van der Waals surface area contributed by atoms with Crippen molar-refractivity contribution in [1.82, 2.24) is 4.98 Å². The van der Waals surface area contributed by atoms with Crippen molar-refractivity contribution in [2.45, 2.75) is 13.8 Å². The SMILES string of the molecule is CC(=O)Nc1ccc(Cl)cc1NC(=O)c1cc(C)nc2ccccc12. The number of nitrogens with one attached hydrogen (secondary N) is 2. The lowest BCUT2D eigenvalue weighted by molar-refractivity contribution is -0.114. The highest BCUT2D eigenvalue weighted by atomic mass is 35.5. The molecule has 6 heteroatoms. The molecule has 0 spiro atoms. The Labute approximate surface area is 150 Å². The van der Waals surface area contributed by atoms with Crippen LogP contribution in [0.5, 0.6) is 0 Å². The van der Waals surface area contributed by atoms with Crippen LogP contribution < -0.4 is 10.6 Å². The van der Waals surface area contributed by atoms with Gasteiger partial charge >= 0.3 is 0 Å². The Morgan fingerprint density at radius 2 is 1.76 bits per heavy atom. The molecule has 0 unspecified atom stereocenters. The van der Waals surface area contributed by atoms with E-state index in [9.17, 15) is 9.59 Å². The Kier molecular flexibility index (Phi) is 4.67. The molecular formula is C19H16ClN3O2. The summed E-state index contributed by atoms with van der Waals surface area (Å²) in [5, 5.41) is 6.72. The highest BCUT2D eigenvalue weighted by Crippen LogP contribution is 2.27. The van der Waals surface area contributed by atoms with Gasteiger partial charge in [0.2, 0.25) is 5.91 Å². The third-order valence-electron chi connectivity index (χ3n) is 3.63. The number of nitrogens with zero attached hydrogens (tertiary/aromatic N) is 1. The van der Waals surface area contributed by atoms with Crippen LogP contribution >= 0.6 is 11.6 Å². The van der Waals surface area contributed by atoms with Gasteiger partial charge in [0, 0.05) is 23.0 Å². The van der Waals surface area contributed by atoms with E-state index in [-0.39, 0.29) is 11.8 Å². The van der Waals surface area contributed by atoms with Gasteiger partial charge in [-0.3, -0.25) is 14.6 Å². The van der Waals surface area contributed by atoms with Gasteiger partial charge in [-0.05, 0) is 37.3 Å². The smallest absolute Gasteiger partial charge is 0.256 e. The number of benzene rings is 2. The molecule has 0 atom stereocenters. The van der Waals surface area contributed by atoms with E-state index >= 15 is 0 Å². The van der Waals surface area contributed by atoms with Gasteiger partial charge in [-0.25, -0.2) is 0 Å². The van der Waals surface area contributed by atoms with E-state index in [1.54, 1.807) is 24.3 Å². The molecule has 25 heavy (non-hydrogen) atoms. The normalized spacial score (nSPS) is 10.5. The number of aryl methyl sites for hydroxylation is 1. The number of hydrogen-bond acceptors (Lipinski definition) is 3. The fourth-order valence-electron chi connectivity index (χ4n) is 2.60. The highest BCUT2D eigenvalue weighted by molar-refractivity contribution is 6.31. The maximum Gasteiger partial charge on any atom is 0.256 e. The van der Waals surface area contributed by atoms with Crippen molar-refractivity contribution < 1.29 is 9.59 Å². The van der Waals surface area contributed by atoms with Gasteiger partial charge in [-0.1, -0.05) is 29.8 Å². The molecule has 0 aliphatic heterocycles. The number of halogens is 1. The highest BCUT2D eigenvalue weighted by Gasteiger charge is 2.14. The van der Waals surface area contributed by atoms with Crippen molar-refractivity contribution in [2.75, 3.05) is 10.6 Å². The number of anilines is 2. The molecule has 3 aromatic rings. The van der Waals surface area contributed by atoms with E-state index in [2.05, 4.69) is 15.6 Å². The third-order valence-corrected chi connectivity index (χ3v) is 3.86. The van der Waals surface area contributed by atoms with E-state index in [0.29, 0.717) is 22.0 Å². The Bertz CT molecular complexity index is 986. The minimum absolute atomic E-state index is 0.233. The maximum absolute atomic E-state index is 12.8. The van der Waals surface area contributed by atoms with Crippen molar-refractivity contribution in [2.24, 2.45) is 0 Å². The predicted octanol–water partition coefficient (Wildman–Crippen LogP) is 4.41. The van der Waals surface area contributed by atoms with Crippen LogP contribution in [0.2, 0.25) is 5.02 Å². The summed E-state index contributed by atoms with van der Waals surface area (Å²) in [4.78, 5) is 28.6. The summed E-state index contributed by atoms with van der Waals surface area (Å²) in [6.45, 7) is 3.24. The van der Waals surface area contributed by atoms with E-state index in [0.717, 1.165) is 16.6 Å². The van der Waals surface area contributed by atoms with Gasteiger partial charge < -0.3 is 10.6 Å². The molecule has 3 rings (SSSR count). The van der Waals surface area contributed by atoms with E-state index in [1.807, 2.05) is 31.2 Å². The molecule has 0 saturated carbocycles. The minimum Gasteiger partial charge on any atom is -0.325 e. The Morgan fingerprint density at radius 3 is 2.52 bits per heavy atom. The first-order valence-corrected chi connectivity index (χ1v) is 8.07. The van der Waals surface area contributed by atoms with Crippen LogP contribution in [0.15, 0.2) is 48.5 Å². The maximum atomic E-state index is 12.8. The second kappa shape index (κ2) is 6.91. The molecular weight excluding hydrogens is 338 g/mol. The number of amides is 2. The average Bonchev–Trinajstić information content (AvgIpc) is 2.56. The van der Waals surface area contributed by atoms with Crippen LogP contribution in [-0.2, 0) is 4.79 Å². The van der Waals surface area contributed by atoms with Crippen LogP contribution in [0, 0.1) is 6.92 Å². The average molecular weight is 354 g/mol. The quantitative estimate of drug-likeness (QED) is 0.732. The zero-order valence-corrected chi connectivity index (χ0v) is 14.5. The summed E-state index contributed by atoms with van der Waals surface area (Å²) in [5.41, 5.74) is 2.93. The first-order valence-electron chi connectivity index (χ1n) is 7.69. The van der Waals surface area contributed by atoms with Crippen molar-refractivity contribution in [3.63, 3.8) is 0 Å². The first kappa shape index (κ1) is 16.9. The zero-order valence-electron chi connectivity index (χ0n) is 13.8. The number of rotatable bonds is 3.